The molecule has 1 fully saturated rings. The minimum atomic E-state index is -0.224. The van der Waals surface area contributed by atoms with Gasteiger partial charge in [0, 0.05) is 18.7 Å². The summed E-state index contributed by atoms with van der Waals surface area (Å²) in [4.78, 5) is 26.3. The van der Waals surface area contributed by atoms with Crippen molar-refractivity contribution < 1.29 is 14.0 Å². The van der Waals surface area contributed by atoms with Gasteiger partial charge in [-0.15, -0.1) is 5.10 Å². The third-order valence-electron chi connectivity index (χ3n) is 4.84. The van der Waals surface area contributed by atoms with E-state index in [1.54, 1.807) is 4.90 Å². The van der Waals surface area contributed by atoms with Crippen molar-refractivity contribution in [1.82, 2.24) is 10.2 Å². The van der Waals surface area contributed by atoms with Crippen LogP contribution in [0.1, 0.15) is 29.4 Å². The Balaban J connectivity index is 1.40. The van der Waals surface area contributed by atoms with Crippen LogP contribution in [0.3, 0.4) is 0 Å². The van der Waals surface area contributed by atoms with Crippen molar-refractivity contribution in [1.29, 1.82) is 0 Å². The molecule has 0 bridgehead atoms. The van der Waals surface area contributed by atoms with E-state index in [1.165, 1.54) is 0 Å². The molecule has 7 heteroatoms. The molecular formula is C21H20N4O3. The van der Waals surface area contributed by atoms with Gasteiger partial charge in [0.25, 0.3) is 0 Å². The molecule has 0 aliphatic carbocycles. The van der Waals surface area contributed by atoms with Gasteiger partial charge in [-0.2, -0.15) is 0 Å². The van der Waals surface area contributed by atoms with Gasteiger partial charge >= 0.3 is 6.01 Å². The van der Waals surface area contributed by atoms with E-state index in [4.69, 9.17) is 4.42 Å². The Morgan fingerprint density at radius 2 is 1.89 bits per heavy atom. The quantitative estimate of drug-likeness (QED) is 0.739. The molecule has 7 nitrogen and oxygen atoms in total. The minimum absolute atomic E-state index is 0.0135. The van der Waals surface area contributed by atoms with E-state index in [0.717, 1.165) is 16.8 Å². The summed E-state index contributed by atoms with van der Waals surface area (Å²) < 4.78 is 5.61. The first-order valence-corrected chi connectivity index (χ1v) is 9.13. The van der Waals surface area contributed by atoms with Crippen molar-refractivity contribution in [3.05, 3.63) is 71.6 Å². The van der Waals surface area contributed by atoms with Crippen molar-refractivity contribution in [3.8, 4) is 0 Å². The number of rotatable bonds is 5. The zero-order valence-electron chi connectivity index (χ0n) is 15.5. The zero-order valence-corrected chi connectivity index (χ0v) is 15.5. The van der Waals surface area contributed by atoms with Crippen LogP contribution in [-0.2, 0) is 16.0 Å². The molecule has 2 amide bonds. The lowest BCUT2D eigenvalue weighted by Crippen LogP contribution is -2.24. The summed E-state index contributed by atoms with van der Waals surface area (Å²) in [6.45, 7) is 2.44. The molecule has 0 spiro atoms. The van der Waals surface area contributed by atoms with Crippen molar-refractivity contribution in [2.24, 2.45) is 0 Å². The molecule has 28 heavy (non-hydrogen) atoms. The summed E-state index contributed by atoms with van der Waals surface area (Å²) >= 11 is 0. The molecule has 0 saturated carbocycles. The zero-order chi connectivity index (χ0) is 19.5. The molecule has 1 aliphatic rings. The lowest BCUT2D eigenvalue weighted by molar-refractivity contribution is -0.117. The van der Waals surface area contributed by atoms with Gasteiger partial charge in [-0.1, -0.05) is 47.6 Å². The Bertz CT molecular complexity index is 1000. The van der Waals surface area contributed by atoms with Crippen molar-refractivity contribution in [2.45, 2.75) is 25.7 Å². The number of benzene rings is 2. The summed E-state index contributed by atoms with van der Waals surface area (Å²) in [5.41, 5.74) is 2.84. The number of carbonyl (C=O) groups is 2. The summed E-state index contributed by atoms with van der Waals surface area (Å²) in [6.07, 6.45) is 0.530. The van der Waals surface area contributed by atoms with Crippen LogP contribution in [0.25, 0.3) is 0 Å². The first-order chi connectivity index (χ1) is 13.6. The van der Waals surface area contributed by atoms with Gasteiger partial charge in [0.2, 0.25) is 17.7 Å². The number of aromatic nitrogens is 2. The second-order valence-electron chi connectivity index (χ2n) is 6.84. The van der Waals surface area contributed by atoms with Crippen LogP contribution < -0.4 is 10.2 Å². The standard InChI is InChI=1S/C21H20N4O3/c1-14-7-5-6-8-15(14)11-18(26)22-21-24-23-20(28-21)16-12-19(27)25(13-16)17-9-3-2-4-10-17/h2-10,16H,11-13H2,1H3,(H,22,24,26)/t16-/m1/s1. The maximum Gasteiger partial charge on any atom is 0.322 e. The average Bonchev–Trinajstić information content (AvgIpc) is 3.31. The molecular weight excluding hydrogens is 356 g/mol. The Morgan fingerprint density at radius 3 is 2.68 bits per heavy atom. The average molecular weight is 376 g/mol. The maximum absolute atomic E-state index is 12.3. The van der Waals surface area contributed by atoms with Gasteiger partial charge < -0.3 is 9.32 Å². The van der Waals surface area contributed by atoms with E-state index in [2.05, 4.69) is 15.5 Å². The number of hydrogen-bond donors (Lipinski definition) is 1. The summed E-state index contributed by atoms with van der Waals surface area (Å²) in [6, 6.07) is 17.2. The topological polar surface area (TPSA) is 88.3 Å². The van der Waals surface area contributed by atoms with Gasteiger partial charge in [-0.05, 0) is 30.2 Å². The number of para-hydroxylation sites is 1. The van der Waals surface area contributed by atoms with Crippen LogP contribution in [0.4, 0.5) is 11.7 Å². The number of amides is 2. The van der Waals surface area contributed by atoms with E-state index >= 15 is 0 Å². The summed E-state index contributed by atoms with van der Waals surface area (Å²) in [5.74, 6) is -0.0438. The highest BCUT2D eigenvalue weighted by molar-refractivity contribution is 5.96. The molecule has 4 rings (SSSR count). The molecule has 1 saturated heterocycles. The molecule has 3 aromatic rings. The predicted molar refractivity (Wildman–Crippen MR) is 104 cm³/mol. The van der Waals surface area contributed by atoms with Gasteiger partial charge in [-0.25, -0.2) is 0 Å². The molecule has 0 unspecified atom stereocenters. The van der Waals surface area contributed by atoms with Gasteiger partial charge in [0.05, 0.1) is 12.3 Å². The van der Waals surface area contributed by atoms with Gasteiger partial charge in [0.1, 0.15) is 0 Å². The second kappa shape index (κ2) is 7.64. The highest BCUT2D eigenvalue weighted by atomic mass is 16.4. The predicted octanol–water partition coefficient (Wildman–Crippen LogP) is 3.08. The Hall–Kier alpha value is -3.48. The van der Waals surface area contributed by atoms with Crippen LogP contribution in [-0.4, -0.2) is 28.6 Å². The SMILES string of the molecule is Cc1ccccc1CC(=O)Nc1nnc([C@@H]2CC(=O)N(c3ccccc3)C2)o1. The van der Waals surface area contributed by atoms with E-state index in [1.807, 2.05) is 61.5 Å². The van der Waals surface area contributed by atoms with E-state index < -0.39 is 0 Å². The van der Waals surface area contributed by atoms with Gasteiger partial charge in [0.15, 0.2) is 0 Å². The Morgan fingerprint density at radius 1 is 1.14 bits per heavy atom. The van der Waals surface area contributed by atoms with Gasteiger partial charge in [-0.3, -0.25) is 14.9 Å². The van der Waals surface area contributed by atoms with Crippen LogP contribution in [0.5, 0.6) is 0 Å². The van der Waals surface area contributed by atoms with E-state index in [-0.39, 0.29) is 30.2 Å². The fraction of sp³-hybridized carbons (Fsp3) is 0.238. The Labute approximate surface area is 162 Å². The normalized spacial score (nSPS) is 16.4. The number of hydrogen-bond acceptors (Lipinski definition) is 5. The molecule has 142 valence electrons. The molecule has 0 radical (unpaired) electrons. The summed E-state index contributed by atoms with van der Waals surface area (Å²) in [5, 5.41) is 10.6. The second-order valence-corrected chi connectivity index (χ2v) is 6.84. The molecule has 2 aromatic carbocycles. The number of carbonyl (C=O) groups excluding carboxylic acids is 2. The third kappa shape index (κ3) is 3.78. The first-order valence-electron chi connectivity index (χ1n) is 9.13. The van der Waals surface area contributed by atoms with Crippen LogP contribution >= 0.6 is 0 Å². The molecule has 1 atom stereocenters. The van der Waals surface area contributed by atoms with E-state index in [9.17, 15) is 9.59 Å². The largest absolute Gasteiger partial charge is 0.407 e. The fourth-order valence-corrected chi connectivity index (χ4v) is 3.33. The summed E-state index contributed by atoms with van der Waals surface area (Å²) in [7, 11) is 0. The Kier molecular flexibility index (Phi) is 4.89. The van der Waals surface area contributed by atoms with E-state index in [0.29, 0.717) is 18.9 Å². The smallest absolute Gasteiger partial charge is 0.322 e. The molecule has 1 N–H and O–H groups in total. The van der Waals surface area contributed by atoms with Crippen LogP contribution in [0.2, 0.25) is 0 Å². The number of nitrogens with zero attached hydrogens (tertiary/aromatic N) is 3. The lowest BCUT2D eigenvalue weighted by Gasteiger charge is -2.15. The fourth-order valence-electron chi connectivity index (χ4n) is 3.33. The third-order valence-corrected chi connectivity index (χ3v) is 4.84. The number of nitrogens with one attached hydrogen (secondary N) is 1. The molecule has 1 aliphatic heterocycles. The number of anilines is 2. The van der Waals surface area contributed by atoms with Crippen LogP contribution in [0.15, 0.2) is 59.0 Å². The van der Waals surface area contributed by atoms with Crippen LogP contribution in [0, 0.1) is 6.92 Å². The lowest BCUT2D eigenvalue weighted by atomic mass is 10.1. The number of aryl methyl sites for hydroxylation is 1. The molecule has 2 heterocycles. The highest BCUT2D eigenvalue weighted by Gasteiger charge is 2.35. The monoisotopic (exact) mass is 376 g/mol. The van der Waals surface area contributed by atoms with Crippen molar-refractivity contribution in [3.63, 3.8) is 0 Å². The maximum atomic E-state index is 12.3. The minimum Gasteiger partial charge on any atom is -0.407 e. The first kappa shape index (κ1) is 17.9. The highest BCUT2D eigenvalue weighted by Crippen LogP contribution is 2.31. The van der Waals surface area contributed by atoms with Crippen molar-refractivity contribution >= 4 is 23.5 Å². The van der Waals surface area contributed by atoms with Crippen molar-refractivity contribution in [2.75, 3.05) is 16.8 Å². The molecule has 1 aromatic heterocycles.